The van der Waals surface area contributed by atoms with Gasteiger partial charge in [-0.2, -0.15) is 0 Å². The standard InChI is InChI=1S/C19H15Cl2N3O4S2/c20-13-2-1-3-14(21)15(13)16(25)17-18(22)24-19(29-17)23-10-4-6-12(7-5-10)30(26,27)9-11-8-28-11/h1-7,11H,8-9,22H2,(H,23,24). The Morgan fingerprint density at radius 1 is 1.20 bits per heavy atom. The van der Waals surface area contributed by atoms with Gasteiger partial charge in [-0.1, -0.05) is 40.6 Å². The normalized spacial score (nSPS) is 15.7. The van der Waals surface area contributed by atoms with Gasteiger partial charge in [0.1, 0.15) is 10.7 Å². The van der Waals surface area contributed by atoms with Gasteiger partial charge in [-0.3, -0.25) is 4.79 Å². The highest BCUT2D eigenvalue weighted by Crippen LogP contribution is 2.34. The Balaban J connectivity index is 1.53. The first kappa shape index (κ1) is 21.1. The topological polar surface area (TPSA) is 115 Å². The minimum atomic E-state index is -3.39. The summed E-state index contributed by atoms with van der Waals surface area (Å²) in [4.78, 5) is 17.4. The van der Waals surface area contributed by atoms with Gasteiger partial charge in [0, 0.05) is 5.69 Å². The number of ether oxygens (including phenoxy) is 1. The molecular formula is C19H15Cl2N3O4S2. The molecule has 30 heavy (non-hydrogen) atoms. The van der Waals surface area contributed by atoms with Crippen LogP contribution in [0.15, 0.2) is 47.4 Å². The van der Waals surface area contributed by atoms with Crippen molar-refractivity contribution in [3.63, 3.8) is 0 Å². The fraction of sp³-hybridized carbons (Fsp3) is 0.158. The smallest absolute Gasteiger partial charge is 0.209 e. The Morgan fingerprint density at radius 2 is 1.83 bits per heavy atom. The second kappa shape index (κ2) is 8.16. The third kappa shape index (κ3) is 4.45. The number of epoxide rings is 1. The third-order valence-corrected chi connectivity index (χ3v) is 7.74. The highest BCUT2D eigenvalue weighted by molar-refractivity contribution is 7.91. The summed E-state index contributed by atoms with van der Waals surface area (Å²) in [5.74, 6) is -0.400. The quantitative estimate of drug-likeness (QED) is 0.382. The van der Waals surface area contributed by atoms with E-state index in [1.54, 1.807) is 30.3 Å². The fourth-order valence-corrected chi connectivity index (χ4v) is 5.60. The summed E-state index contributed by atoms with van der Waals surface area (Å²) in [6.07, 6.45) is -0.214. The van der Waals surface area contributed by atoms with Crippen LogP contribution in [0.3, 0.4) is 0 Å². The van der Waals surface area contributed by atoms with Crippen LogP contribution in [0.1, 0.15) is 15.2 Å². The van der Waals surface area contributed by atoms with Crippen molar-refractivity contribution >= 4 is 66.8 Å². The molecule has 0 radical (unpaired) electrons. The number of halogens is 2. The van der Waals surface area contributed by atoms with Crippen LogP contribution in [0.2, 0.25) is 10.0 Å². The van der Waals surface area contributed by atoms with E-state index in [0.717, 1.165) is 11.3 Å². The summed E-state index contributed by atoms with van der Waals surface area (Å²) in [7, 11) is -3.39. The second-order valence-electron chi connectivity index (χ2n) is 6.55. The predicted octanol–water partition coefficient (Wildman–Crippen LogP) is 4.18. The van der Waals surface area contributed by atoms with Crippen LogP contribution in [0.5, 0.6) is 0 Å². The highest BCUT2D eigenvalue weighted by atomic mass is 35.5. The number of carbonyl (C=O) groups excluding carboxylic acids is 1. The number of benzene rings is 2. The van der Waals surface area contributed by atoms with Crippen LogP contribution in [-0.2, 0) is 14.6 Å². The summed E-state index contributed by atoms with van der Waals surface area (Å²) >= 11 is 13.3. The fourth-order valence-electron chi connectivity index (χ4n) is 2.75. The number of nitrogens with one attached hydrogen (secondary N) is 1. The number of hydrogen-bond acceptors (Lipinski definition) is 8. The van der Waals surface area contributed by atoms with Crippen LogP contribution in [-0.4, -0.2) is 37.6 Å². The molecule has 2 aromatic carbocycles. The van der Waals surface area contributed by atoms with Crippen molar-refractivity contribution in [1.82, 2.24) is 4.98 Å². The monoisotopic (exact) mass is 483 g/mol. The number of carbonyl (C=O) groups is 1. The van der Waals surface area contributed by atoms with Crippen molar-refractivity contribution in [2.75, 3.05) is 23.4 Å². The lowest BCUT2D eigenvalue weighted by Gasteiger charge is -2.05. The maximum absolute atomic E-state index is 12.8. The van der Waals surface area contributed by atoms with Crippen LogP contribution in [0, 0.1) is 0 Å². The molecule has 0 aliphatic carbocycles. The van der Waals surface area contributed by atoms with Crippen molar-refractivity contribution in [1.29, 1.82) is 0 Å². The zero-order valence-electron chi connectivity index (χ0n) is 15.3. The van der Waals surface area contributed by atoms with Crippen LogP contribution in [0.25, 0.3) is 0 Å². The Hall–Kier alpha value is -2.17. The summed E-state index contributed by atoms with van der Waals surface area (Å²) < 4.78 is 29.6. The molecule has 0 amide bonds. The van der Waals surface area contributed by atoms with Gasteiger partial charge in [-0.25, -0.2) is 13.4 Å². The molecule has 0 saturated carbocycles. The third-order valence-electron chi connectivity index (χ3n) is 4.32. The SMILES string of the molecule is Nc1nc(Nc2ccc(S(=O)(=O)CC3CO3)cc2)sc1C(=O)c1c(Cl)cccc1Cl. The number of aromatic nitrogens is 1. The molecule has 1 aromatic heterocycles. The Morgan fingerprint density at radius 3 is 2.43 bits per heavy atom. The van der Waals surface area contributed by atoms with E-state index in [0.29, 0.717) is 17.4 Å². The molecule has 1 aliphatic heterocycles. The molecule has 11 heteroatoms. The van der Waals surface area contributed by atoms with E-state index >= 15 is 0 Å². The molecule has 1 aliphatic rings. The Kier molecular flexibility index (Phi) is 5.73. The van der Waals surface area contributed by atoms with Gasteiger partial charge >= 0.3 is 0 Å². The van der Waals surface area contributed by atoms with Gasteiger partial charge in [0.15, 0.2) is 15.0 Å². The molecule has 0 spiro atoms. The largest absolute Gasteiger partial charge is 0.382 e. The lowest BCUT2D eigenvalue weighted by molar-refractivity contribution is 0.104. The zero-order valence-corrected chi connectivity index (χ0v) is 18.4. The Bertz CT molecular complexity index is 1200. The molecule has 3 aromatic rings. The van der Waals surface area contributed by atoms with Crippen molar-refractivity contribution in [3.8, 4) is 0 Å². The molecule has 1 atom stereocenters. The van der Waals surface area contributed by atoms with Crippen LogP contribution >= 0.6 is 34.5 Å². The molecule has 1 fully saturated rings. The van der Waals surface area contributed by atoms with Crippen molar-refractivity contribution in [3.05, 3.63) is 63.0 Å². The maximum atomic E-state index is 12.8. The van der Waals surface area contributed by atoms with Gasteiger partial charge < -0.3 is 15.8 Å². The summed E-state index contributed by atoms with van der Waals surface area (Å²) in [6, 6.07) is 11.0. The van der Waals surface area contributed by atoms with Gasteiger partial charge in [0.2, 0.25) is 5.78 Å². The first-order chi connectivity index (χ1) is 14.2. The van der Waals surface area contributed by atoms with E-state index in [-0.39, 0.29) is 43.1 Å². The number of nitrogens with zero attached hydrogens (tertiary/aromatic N) is 1. The Labute approximate surface area is 186 Å². The van der Waals surface area contributed by atoms with E-state index < -0.39 is 15.6 Å². The number of sulfone groups is 1. The van der Waals surface area contributed by atoms with Gasteiger partial charge in [0.05, 0.1) is 39.0 Å². The van der Waals surface area contributed by atoms with Gasteiger partial charge in [-0.15, -0.1) is 0 Å². The minimum absolute atomic E-state index is 0.0289. The van der Waals surface area contributed by atoms with Gasteiger partial charge in [-0.05, 0) is 36.4 Å². The van der Waals surface area contributed by atoms with Crippen molar-refractivity contribution in [2.24, 2.45) is 0 Å². The van der Waals surface area contributed by atoms with E-state index in [1.165, 1.54) is 12.1 Å². The maximum Gasteiger partial charge on any atom is 0.209 e. The van der Waals surface area contributed by atoms with Crippen molar-refractivity contribution in [2.45, 2.75) is 11.0 Å². The van der Waals surface area contributed by atoms with E-state index in [9.17, 15) is 13.2 Å². The molecule has 156 valence electrons. The van der Waals surface area contributed by atoms with Crippen LogP contribution < -0.4 is 11.1 Å². The number of rotatable bonds is 7. The van der Waals surface area contributed by atoms with Gasteiger partial charge in [0.25, 0.3) is 0 Å². The average molecular weight is 484 g/mol. The highest BCUT2D eigenvalue weighted by Gasteiger charge is 2.30. The number of nitrogen functional groups attached to an aromatic ring is 1. The van der Waals surface area contributed by atoms with Crippen LogP contribution in [0.4, 0.5) is 16.6 Å². The number of thiazole rings is 1. The van der Waals surface area contributed by atoms with E-state index in [1.807, 2.05) is 0 Å². The molecule has 1 saturated heterocycles. The molecule has 4 rings (SSSR count). The number of nitrogens with two attached hydrogens (primary N) is 1. The average Bonchev–Trinajstić information content (AvgIpc) is 3.41. The molecule has 7 nitrogen and oxygen atoms in total. The van der Waals surface area contributed by atoms with E-state index in [4.69, 9.17) is 33.7 Å². The first-order valence-electron chi connectivity index (χ1n) is 8.71. The number of anilines is 3. The predicted molar refractivity (Wildman–Crippen MR) is 118 cm³/mol. The summed E-state index contributed by atoms with van der Waals surface area (Å²) in [5, 5.41) is 3.85. The second-order valence-corrected chi connectivity index (χ2v) is 10.4. The molecular weight excluding hydrogens is 469 g/mol. The van der Waals surface area contributed by atoms with Crippen molar-refractivity contribution < 1.29 is 17.9 Å². The van der Waals surface area contributed by atoms with E-state index in [2.05, 4.69) is 10.3 Å². The number of ketones is 1. The lowest BCUT2D eigenvalue weighted by atomic mass is 10.1. The minimum Gasteiger partial charge on any atom is -0.382 e. The lowest BCUT2D eigenvalue weighted by Crippen LogP contribution is -2.11. The molecule has 3 N–H and O–H groups in total. The molecule has 1 unspecified atom stereocenters. The molecule has 2 heterocycles. The molecule has 0 bridgehead atoms. The number of hydrogen-bond donors (Lipinski definition) is 2. The zero-order chi connectivity index (χ0) is 21.5. The summed E-state index contributed by atoms with van der Waals surface area (Å²) in [5.41, 5.74) is 6.69. The summed E-state index contributed by atoms with van der Waals surface area (Å²) in [6.45, 7) is 0.477. The first-order valence-corrected chi connectivity index (χ1v) is 11.9.